The van der Waals surface area contributed by atoms with Crippen LogP contribution in [0.1, 0.15) is 15.9 Å². The molecular formula is C18H21ClFN3O. The first kappa shape index (κ1) is 18.4. The summed E-state index contributed by atoms with van der Waals surface area (Å²) in [6, 6.07) is 9.83. The molecule has 2 heterocycles. The maximum absolute atomic E-state index is 12.9. The third-order valence-electron chi connectivity index (χ3n) is 4.22. The zero-order chi connectivity index (χ0) is 16.1. The lowest BCUT2D eigenvalue weighted by molar-refractivity contribution is 0.0638. The summed E-state index contributed by atoms with van der Waals surface area (Å²) in [7, 11) is 0. The van der Waals surface area contributed by atoms with E-state index in [-0.39, 0.29) is 24.1 Å². The van der Waals surface area contributed by atoms with Gasteiger partial charge in [-0.3, -0.25) is 14.7 Å². The number of carbonyl (C=O) groups is 1. The number of nitrogens with zero attached hydrogens (tertiary/aromatic N) is 3. The molecule has 1 aromatic heterocycles. The monoisotopic (exact) mass is 349 g/mol. The minimum absolute atomic E-state index is 0. The van der Waals surface area contributed by atoms with Crippen molar-refractivity contribution in [2.75, 3.05) is 32.7 Å². The zero-order valence-electron chi connectivity index (χ0n) is 13.4. The van der Waals surface area contributed by atoms with Gasteiger partial charge in [0.05, 0.1) is 0 Å². The molecule has 1 amide bonds. The minimum Gasteiger partial charge on any atom is -0.336 e. The number of hydrogen-bond donors (Lipinski definition) is 0. The fourth-order valence-electron chi connectivity index (χ4n) is 2.79. The second kappa shape index (κ2) is 8.76. The van der Waals surface area contributed by atoms with Crippen molar-refractivity contribution < 1.29 is 9.18 Å². The van der Waals surface area contributed by atoms with Gasteiger partial charge in [-0.1, -0.05) is 0 Å². The number of amides is 1. The van der Waals surface area contributed by atoms with E-state index in [1.54, 1.807) is 12.1 Å². The Balaban J connectivity index is 0.00000208. The van der Waals surface area contributed by atoms with Crippen LogP contribution in [-0.4, -0.2) is 53.4 Å². The summed E-state index contributed by atoms with van der Waals surface area (Å²) in [6.07, 6.45) is 4.62. The number of aromatic nitrogens is 1. The standard InChI is InChI=1S/C18H20FN3O.ClH/c19-17-3-1-16(2-4-17)18(23)22-13-11-21(12-14-22)10-7-15-5-8-20-9-6-15;/h1-6,8-9H,7,10-14H2;1H. The lowest BCUT2D eigenvalue weighted by atomic mass is 10.1. The summed E-state index contributed by atoms with van der Waals surface area (Å²) >= 11 is 0. The number of pyridine rings is 1. The SMILES string of the molecule is Cl.O=C(c1ccc(F)cc1)N1CCN(CCc2ccncc2)CC1. The Kier molecular flexibility index (Phi) is 6.70. The molecule has 0 N–H and O–H groups in total. The number of halogens is 2. The highest BCUT2D eigenvalue weighted by Crippen LogP contribution is 2.10. The molecule has 0 saturated carbocycles. The summed E-state index contributed by atoms with van der Waals surface area (Å²) in [6.45, 7) is 4.16. The average molecular weight is 350 g/mol. The van der Waals surface area contributed by atoms with Crippen molar-refractivity contribution in [3.63, 3.8) is 0 Å². The smallest absolute Gasteiger partial charge is 0.253 e. The summed E-state index contributed by atoms with van der Waals surface area (Å²) in [5.74, 6) is -0.332. The van der Waals surface area contributed by atoms with Crippen molar-refractivity contribution in [3.05, 3.63) is 65.7 Å². The van der Waals surface area contributed by atoms with Gasteiger partial charge >= 0.3 is 0 Å². The van der Waals surface area contributed by atoms with Crippen molar-refractivity contribution in [2.24, 2.45) is 0 Å². The molecule has 1 saturated heterocycles. The molecule has 0 aliphatic carbocycles. The van der Waals surface area contributed by atoms with E-state index in [4.69, 9.17) is 0 Å². The van der Waals surface area contributed by atoms with Gasteiger partial charge in [-0.05, 0) is 48.4 Å². The normalized spacial score (nSPS) is 15.0. The van der Waals surface area contributed by atoms with Gasteiger partial charge in [0.2, 0.25) is 0 Å². The third kappa shape index (κ3) is 4.76. The highest BCUT2D eigenvalue weighted by molar-refractivity contribution is 5.94. The van der Waals surface area contributed by atoms with Crippen molar-refractivity contribution in [1.82, 2.24) is 14.8 Å². The molecule has 128 valence electrons. The van der Waals surface area contributed by atoms with Gasteiger partial charge in [0.1, 0.15) is 5.82 Å². The highest BCUT2D eigenvalue weighted by atomic mass is 35.5. The van der Waals surface area contributed by atoms with Gasteiger partial charge < -0.3 is 4.90 Å². The maximum Gasteiger partial charge on any atom is 0.253 e. The summed E-state index contributed by atoms with van der Waals surface area (Å²) in [5, 5.41) is 0. The quantitative estimate of drug-likeness (QED) is 0.851. The van der Waals surface area contributed by atoms with Crippen molar-refractivity contribution in [2.45, 2.75) is 6.42 Å². The Bertz CT molecular complexity index is 643. The molecule has 0 unspecified atom stereocenters. The fourth-order valence-corrected chi connectivity index (χ4v) is 2.79. The molecule has 1 aromatic carbocycles. The van der Waals surface area contributed by atoms with Gasteiger partial charge in [-0.2, -0.15) is 0 Å². The van der Waals surface area contributed by atoms with Crippen molar-refractivity contribution in [1.29, 1.82) is 0 Å². The molecule has 1 aliphatic rings. The van der Waals surface area contributed by atoms with Crippen LogP contribution in [0.2, 0.25) is 0 Å². The van der Waals surface area contributed by atoms with Gasteiger partial charge in [0, 0.05) is 50.7 Å². The first-order valence-electron chi connectivity index (χ1n) is 7.88. The predicted molar refractivity (Wildman–Crippen MR) is 93.9 cm³/mol. The first-order chi connectivity index (χ1) is 11.2. The molecule has 6 heteroatoms. The Labute approximate surface area is 147 Å². The molecule has 0 bridgehead atoms. The Morgan fingerprint density at radius 2 is 1.62 bits per heavy atom. The Hall–Kier alpha value is -1.98. The lowest BCUT2D eigenvalue weighted by Crippen LogP contribution is -2.49. The Morgan fingerprint density at radius 1 is 1.00 bits per heavy atom. The van der Waals surface area contributed by atoms with Crippen LogP contribution in [0.5, 0.6) is 0 Å². The van der Waals surface area contributed by atoms with Crippen LogP contribution in [0.25, 0.3) is 0 Å². The van der Waals surface area contributed by atoms with Crippen LogP contribution >= 0.6 is 12.4 Å². The van der Waals surface area contributed by atoms with E-state index >= 15 is 0 Å². The van der Waals surface area contributed by atoms with E-state index in [2.05, 4.69) is 9.88 Å². The topological polar surface area (TPSA) is 36.4 Å². The number of piperazine rings is 1. The van der Waals surface area contributed by atoms with Gasteiger partial charge in [-0.15, -0.1) is 12.4 Å². The highest BCUT2D eigenvalue weighted by Gasteiger charge is 2.21. The predicted octanol–water partition coefficient (Wildman–Crippen LogP) is 2.64. The maximum atomic E-state index is 12.9. The molecule has 4 nitrogen and oxygen atoms in total. The molecule has 24 heavy (non-hydrogen) atoms. The number of carbonyl (C=O) groups excluding carboxylic acids is 1. The van der Waals surface area contributed by atoms with Crippen molar-refractivity contribution in [3.8, 4) is 0 Å². The molecule has 3 rings (SSSR count). The van der Waals surface area contributed by atoms with E-state index in [9.17, 15) is 9.18 Å². The van der Waals surface area contributed by atoms with Crippen LogP contribution in [0, 0.1) is 5.82 Å². The third-order valence-corrected chi connectivity index (χ3v) is 4.22. The van der Waals surface area contributed by atoms with Gasteiger partial charge in [-0.25, -0.2) is 4.39 Å². The Morgan fingerprint density at radius 3 is 2.25 bits per heavy atom. The molecule has 0 spiro atoms. The average Bonchev–Trinajstić information content (AvgIpc) is 2.61. The minimum atomic E-state index is -0.317. The van der Waals surface area contributed by atoms with E-state index < -0.39 is 0 Å². The number of benzene rings is 1. The molecular weight excluding hydrogens is 329 g/mol. The molecule has 2 aromatic rings. The van der Waals surface area contributed by atoms with E-state index in [1.807, 2.05) is 29.4 Å². The largest absolute Gasteiger partial charge is 0.336 e. The van der Waals surface area contributed by atoms with Crippen LogP contribution < -0.4 is 0 Å². The molecule has 1 fully saturated rings. The molecule has 0 atom stereocenters. The van der Waals surface area contributed by atoms with Gasteiger partial charge in [0.25, 0.3) is 5.91 Å². The lowest BCUT2D eigenvalue weighted by Gasteiger charge is -2.34. The van der Waals surface area contributed by atoms with Crippen LogP contribution in [0.15, 0.2) is 48.8 Å². The van der Waals surface area contributed by atoms with E-state index in [0.29, 0.717) is 18.7 Å². The van der Waals surface area contributed by atoms with Crippen molar-refractivity contribution >= 4 is 18.3 Å². The van der Waals surface area contributed by atoms with Gasteiger partial charge in [0.15, 0.2) is 0 Å². The van der Waals surface area contributed by atoms with E-state index in [1.165, 1.54) is 17.7 Å². The summed E-state index contributed by atoms with van der Waals surface area (Å²) < 4.78 is 12.9. The van der Waals surface area contributed by atoms with Crippen LogP contribution in [-0.2, 0) is 6.42 Å². The zero-order valence-corrected chi connectivity index (χ0v) is 14.2. The molecule has 1 aliphatic heterocycles. The van der Waals surface area contributed by atoms with Crippen LogP contribution in [0.3, 0.4) is 0 Å². The fraction of sp³-hybridized carbons (Fsp3) is 0.333. The van der Waals surface area contributed by atoms with Crippen LogP contribution in [0.4, 0.5) is 4.39 Å². The number of hydrogen-bond acceptors (Lipinski definition) is 3. The second-order valence-electron chi connectivity index (χ2n) is 5.75. The number of rotatable bonds is 4. The second-order valence-corrected chi connectivity index (χ2v) is 5.75. The molecule has 0 radical (unpaired) electrons. The first-order valence-corrected chi connectivity index (χ1v) is 7.88. The summed E-state index contributed by atoms with van der Waals surface area (Å²) in [4.78, 5) is 20.6. The summed E-state index contributed by atoms with van der Waals surface area (Å²) in [5.41, 5.74) is 1.83. The van der Waals surface area contributed by atoms with E-state index in [0.717, 1.165) is 26.1 Å².